The zero-order valence-electron chi connectivity index (χ0n) is 15.6. The summed E-state index contributed by atoms with van der Waals surface area (Å²) >= 11 is 6.74. The Hall–Kier alpha value is -2.18. The van der Waals surface area contributed by atoms with Gasteiger partial charge in [-0.15, -0.1) is 11.3 Å². The number of nitrogens with one attached hydrogen (secondary N) is 2. The molecule has 0 aliphatic rings. The van der Waals surface area contributed by atoms with Gasteiger partial charge >= 0.3 is 0 Å². The number of benzene rings is 1. The van der Waals surface area contributed by atoms with Crippen LogP contribution in [0.2, 0.25) is 0 Å². The van der Waals surface area contributed by atoms with Crippen molar-refractivity contribution in [2.75, 3.05) is 11.9 Å². The number of anilines is 1. The van der Waals surface area contributed by atoms with Gasteiger partial charge in [0.25, 0.3) is 0 Å². The Morgan fingerprint density at radius 3 is 2.63 bits per heavy atom. The number of hydrogen-bond acceptors (Lipinski definition) is 4. The maximum absolute atomic E-state index is 11.9. The average Bonchev–Trinajstić information content (AvgIpc) is 3.18. The van der Waals surface area contributed by atoms with E-state index in [1.165, 1.54) is 31.8 Å². The fourth-order valence-corrected chi connectivity index (χ4v) is 3.23. The van der Waals surface area contributed by atoms with Crippen molar-refractivity contribution >= 4 is 46.3 Å². The van der Waals surface area contributed by atoms with Gasteiger partial charge < -0.3 is 10.1 Å². The quantitative estimate of drug-likeness (QED) is 0.307. The number of rotatable bonds is 10. The molecule has 2 rings (SSSR count). The Morgan fingerprint density at radius 1 is 1.15 bits per heavy atom. The van der Waals surface area contributed by atoms with Gasteiger partial charge in [0.2, 0.25) is 5.91 Å². The van der Waals surface area contributed by atoms with Crippen molar-refractivity contribution in [3.8, 4) is 5.75 Å². The van der Waals surface area contributed by atoms with E-state index < -0.39 is 0 Å². The Labute approximate surface area is 170 Å². The van der Waals surface area contributed by atoms with E-state index in [4.69, 9.17) is 17.0 Å². The van der Waals surface area contributed by atoms with E-state index in [0.717, 1.165) is 29.3 Å². The first kappa shape index (κ1) is 21.1. The molecule has 2 aromatic rings. The fraction of sp³-hybridized carbons (Fsp3) is 0.333. The van der Waals surface area contributed by atoms with Gasteiger partial charge in [-0.05, 0) is 60.4 Å². The molecule has 4 nitrogen and oxygen atoms in total. The molecule has 0 fully saturated rings. The Morgan fingerprint density at radius 2 is 1.93 bits per heavy atom. The highest BCUT2D eigenvalue weighted by Crippen LogP contribution is 2.16. The van der Waals surface area contributed by atoms with Crippen LogP contribution in [-0.4, -0.2) is 17.6 Å². The molecule has 0 atom stereocenters. The number of carbonyl (C=O) groups excluding carboxylic acids is 1. The summed E-state index contributed by atoms with van der Waals surface area (Å²) in [6.45, 7) is 2.95. The summed E-state index contributed by atoms with van der Waals surface area (Å²) < 4.78 is 5.74. The number of thiophene rings is 1. The maximum Gasteiger partial charge on any atom is 0.250 e. The van der Waals surface area contributed by atoms with Crippen LogP contribution in [0.3, 0.4) is 0 Å². The minimum atomic E-state index is -0.260. The molecule has 144 valence electrons. The maximum atomic E-state index is 11.9. The van der Waals surface area contributed by atoms with Crippen molar-refractivity contribution in [3.05, 3.63) is 52.7 Å². The summed E-state index contributed by atoms with van der Waals surface area (Å²) in [5.41, 5.74) is 0.804. The van der Waals surface area contributed by atoms with E-state index in [9.17, 15) is 4.79 Å². The molecule has 27 heavy (non-hydrogen) atoms. The van der Waals surface area contributed by atoms with Crippen LogP contribution < -0.4 is 15.4 Å². The van der Waals surface area contributed by atoms with Crippen molar-refractivity contribution in [2.24, 2.45) is 0 Å². The summed E-state index contributed by atoms with van der Waals surface area (Å²) in [5.74, 6) is 0.578. The second-order valence-electron chi connectivity index (χ2n) is 6.08. The highest BCUT2D eigenvalue weighted by molar-refractivity contribution is 7.80. The predicted octanol–water partition coefficient (Wildman–Crippen LogP) is 5.62. The van der Waals surface area contributed by atoms with Crippen LogP contribution in [0.5, 0.6) is 5.75 Å². The van der Waals surface area contributed by atoms with E-state index >= 15 is 0 Å². The molecule has 0 unspecified atom stereocenters. The van der Waals surface area contributed by atoms with Crippen LogP contribution in [0.15, 0.2) is 47.9 Å². The fourth-order valence-electron chi connectivity index (χ4n) is 2.39. The number of carbonyl (C=O) groups is 1. The first-order chi connectivity index (χ1) is 13.2. The molecule has 0 saturated carbocycles. The van der Waals surface area contributed by atoms with Gasteiger partial charge in [0.05, 0.1) is 6.61 Å². The van der Waals surface area contributed by atoms with Gasteiger partial charge in [-0.2, -0.15) is 0 Å². The molecular weight excluding hydrogens is 376 g/mol. The third-order valence-corrected chi connectivity index (χ3v) is 4.85. The van der Waals surface area contributed by atoms with Crippen LogP contribution in [0.4, 0.5) is 5.69 Å². The normalized spacial score (nSPS) is 10.7. The van der Waals surface area contributed by atoms with E-state index in [0.29, 0.717) is 0 Å². The van der Waals surface area contributed by atoms with E-state index in [2.05, 4.69) is 17.6 Å². The van der Waals surface area contributed by atoms with E-state index in [-0.39, 0.29) is 11.0 Å². The molecule has 0 saturated heterocycles. The van der Waals surface area contributed by atoms with Crippen molar-refractivity contribution in [1.82, 2.24) is 5.32 Å². The smallest absolute Gasteiger partial charge is 0.250 e. The highest BCUT2D eigenvalue weighted by Gasteiger charge is 2.02. The topological polar surface area (TPSA) is 50.4 Å². The summed E-state index contributed by atoms with van der Waals surface area (Å²) in [6.07, 6.45) is 9.34. The predicted molar refractivity (Wildman–Crippen MR) is 118 cm³/mol. The zero-order valence-corrected chi connectivity index (χ0v) is 17.2. The number of ether oxygens (including phenoxy) is 1. The molecule has 0 bridgehead atoms. The lowest BCUT2D eigenvalue weighted by Crippen LogP contribution is -2.32. The van der Waals surface area contributed by atoms with Crippen molar-refractivity contribution in [1.29, 1.82) is 0 Å². The van der Waals surface area contributed by atoms with Crippen LogP contribution >= 0.6 is 23.6 Å². The molecule has 1 aromatic heterocycles. The van der Waals surface area contributed by atoms with Crippen molar-refractivity contribution in [3.63, 3.8) is 0 Å². The van der Waals surface area contributed by atoms with E-state index in [1.54, 1.807) is 17.4 Å². The summed E-state index contributed by atoms with van der Waals surface area (Å²) in [5, 5.41) is 7.85. The second kappa shape index (κ2) is 12.3. The molecule has 0 radical (unpaired) electrons. The van der Waals surface area contributed by atoms with Crippen LogP contribution in [0, 0.1) is 0 Å². The molecule has 6 heteroatoms. The van der Waals surface area contributed by atoms with E-state index in [1.807, 2.05) is 41.8 Å². The van der Waals surface area contributed by atoms with Gasteiger partial charge in [-0.3, -0.25) is 10.1 Å². The van der Waals surface area contributed by atoms with Gasteiger partial charge in [0, 0.05) is 16.6 Å². The van der Waals surface area contributed by atoms with Gasteiger partial charge in [0.1, 0.15) is 5.75 Å². The van der Waals surface area contributed by atoms with Crippen molar-refractivity contribution < 1.29 is 9.53 Å². The number of amides is 1. The van der Waals surface area contributed by atoms with Crippen LogP contribution in [0.1, 0.15) is 43.9 Å². The number of hydrogen-bond donors (Lipinski definition) is 2. The summed E-state index contributed by atoms with van der Waals surface area (Å²) in [4.78, 5) is 12.9. The second-order valence-corrected chi connectivity index (χ2v) is 7.47. The largest absolute Gasteiger partial charge is 0.494 e. The van der Waals surface area contributed by atoms with Gasteiger partial charge in [-0.1, -0.05) is 38.7 Å². The molecule has 0 aliphatic carbocycles. The third kappa shape index (κ3) is 8.84. The SMILES string of the molecule is CCCCCCCOc1ccc(NC(=S)NC(=O)/C=C/c2cccs2)cc1. The Kier molecular flexibility index (Phi) is 9.58. The molecule has 0 spiro atoms. The minimum Gasteiger partial charge on any atom is -0.494 e. The van der Waals surface area contributed by atoms with Gasteiger partial charge in [-0.25, -0.2) is 0 Å². The molecule has 1 heterocycles. The third-order valence-electron chi connectivity index (χ3n) is 3.81. The van der Waals surface area contributed by atoms with Crippen LogP contribution in [0.25, 0.3) is 6.08 Å². The lowest BCUT2D eigenvalue weighted by molar-refractivity contribution is -0.115. The summed E-state index contributed by atoms with van der Waals surface area (Å²) in [6, 6.07) is 11.4. The molecule has 0 aliphatic heterocycles. The average molecular weight is 403 g/mol. The monoisotopic (exact) mass is 402 g/mol. The Balaban J connectivity index is 1.68. The first-order valence-corrected chi connectivity index (χ1v) is 10.5. The summed E-state index contributed by atoms with van der Waals surface area (Å²) in [7, 11) is 0. The van der Waals surface area contributed by atoms with Gasteiger partial charge in [0.15, 0.2) is 5.11 Å². The minimum absolute atomic E-state index is 0.260. The molecular formula is C21H26N2O2S2. The standard InChI is InChI=1S/C21H26N2O2S2/c1-2-3-4-5-6-15-25-18-11-9-17(10-12-18)22-21(26)23-20(24)14-13-19-8-7-16-27-19/h7-14,16H,2-6,15H2,1H3,(H2,22,23,24,26)/b14-13+. The highest BCUT2D eigenvalue weighted by atomic mass is 32.1. The molecule has 1 aromatic carbocycles. The number of thiocarbonyl (C=S) groups is 1. The van der Waals surface area contributed by atoms with Crippen LogP contribution in [-0.2, 0) is 4.79 Å². The lowest BCUT2D eigenvalue weighted by atomic mass is 10.2. The molecule has 1 amide bonds. The van der Waals surface area contributed by atoms with Crippen molar-refractivity contribution in [2.45, 2.75) is 39.0 Å². The lowest BCUT2D eigenvalue weighted by Gasteiger charge is -2.10. The zero-order chi connectivity index (χ0) is 19.3. The number of unbranched alkanes of at least 4 members (excludes halogenated alkanes) is 4. The molecule has 2 N–H and O–H groups in total. The first-order valence-electron chi connectivity index (χ1n) is 9.24. The Bertz CT molecular complexity index is 725.